The summed E-state index contributed by atoms with van der Waals surface area (Å²) in [6, 6.07) is 12.5. The average Bonchev–Trinajstić information content (AvgIpc) is 2.72. The molecule has 5 heteroatoms. The number of benzene rings is 2. The van der Waals surface area contributed by atoms with Gasteiger partial charge in [0.15, 0.2) is 0 Å². The van der Waals surface area contributed by atoms with Gasteiger partial charge in [0.25, 0.3) is 0 Å². The van der Waals surface area contributed by atoms with E-state index in [1.807, 2.05) is 24.3 Å². The van der Waals surface area contributed by atoms with Crippen LogP contribution in [0.5, 0.6) is 5.75 Å². The minimum Gasteiger partial charge on any atom is -0.508 e. The van der Waals surface area contributed by atoms with E-state index in [1.54, 1.807) is 18.2 Å². The molecule has 0 bridgehead atoms. The molecule has 0 fully saturated rings. The Kier molecular flexibility index (Phi) is 3.25. The van der Waals surface area contributed by atoms with Gasteiger partial charge in [0.05, 0.1) is 11.0 Å². The molecule has 92 valence electrons. The fourth-order valence-corrected chi connectivity index (χ4v) is 1.82. The quantitative estimate of drug-likeness (QED) is 0.605. The van der Waals surface area contributed by atoms with Gasteiger partial charge >= 0.3 is 0 Å². The average molecular weight is 306 g/mol. The topological polar surface area (TPSA) is 74.9 Å². The van der Waals surface area contributed by atoms with Crippen molar-refractivity contribution in [2.24, 2.45) is 0 Å². The number of nitrogen functional groups attached to an aromatic ring is 1. The first-order chi connectivity index (χ1) is 8.22. The number of hydrogen-bond acceptors (Lipinski definition) is 3. The Morgan fingerprint density at radius 2 is 1.94 bits per heavy atom. The third kappa shape index (κ3) is 2.17. The van der Waals surface area contributed by atoms with Gasteiger partial charge in [-0.3, -0.25) is 0 Å². The number of halogens is 1. The highest BCUT2D eigenvalue weighted by Crippen LogP contribution is 2.24. The fourth-order valence-electron chi connectivity index (χ4n) is 1.82. The number of anilines is 1. The Labute approximate surface area is 114 Å². The molecular formula is C13H12BrN3O. The van der Waals surface area contributed by atoms with Crippen LogP contribution >= 0.6 is 17.0 Å². The Balaban J connectivity index is 0.00000120. The third-order valence-corrected chi connectivity index (χ3v) is 2.63. The largest absolute Gasteiger partial charge is 0.508 e. The van der Waals surface area contributed by atoms with Crippen molar-refractivity contribution in [2.45, 2.75) is 0 Å². The van der Waals surface area contributed by atoms with E-state index in [2.05, 4.69) is 9.97 Å². The van der Waals surface area contributed by atoms with E-state index >= 15 is 0 Å². The zero-order valence-corrected chi connectivity index (χ0v) is 11.1. The highest BCUT2D eigenvalue weighted by atomic mass is 79.9. The van der Waals surface area contributed by atoms with Crippen LogP contribution in [0.3, 0.4) is 0 Å². The van der Waals surface area contributed by atoms with Gasteiger partial charge in [-0.2, -0.15) is 0 Å². The molecule has 0 saturated carbocycles. The molecule has 0 aliphatic carbocycles. The molecule has 2 aromatic carbocycles. The van der Waals surface area contributed by atoms with Crippen LogP contribution in [0, 0.1) is 0 Å². The molecule has 0 amide bonds. The van der Waals surface area contributed by atoms with Gasteiger partial charge in [-0.05, 0) is 30.3 Å². The van der Waals surface area contributed by atoms with Crippen LogP contribution in [0.1, 0.15) is 0 Å². The lowest BCUT2D eigenvalue weighted by Crippen LogP contribution is -1.82. The molecule has 0 unspecified atom stereocenters. The Hall–Kier alpha value is -2.01. The zero-order chi connectivity index (χ0) is 11.8. The van der Waals surface area contributed by atoms with Gasteiger partial charge in [0.1, 0.15) is 11.6 Å². The van der Waals surface area contributed by atoms with E-state index in [1.165, 1.54) is 0 Å². The first kappa shape index (κ1) is 12.4. The zero-order valence-electron chi connectivity index (χ0n) is 9.42. The van der Waals surface area contributed by atoms with Crippen LogP contribution in [0.2, 0.25) is 0 Å². The second-order valence-corrected chi connectivity index (χ2v) is 3.91. The molecule has 0 atom stereocenters. The Bertz CT molecular complexity index is 694. The summed E-state index contributed by atoms with van der Waals surface area (Å²) in [6.45, 7) is 0. The maximum absolute atomic E-state index is 9.43. The number of phenols is 1. The number of nitrogens with zero attached hydrogens (tertiary/aromatic N) is 1. The van der Waals surface area contributed by atoms with Crippen molar-refractivity contribution in [2.75, 3.05) is 5.73 Å². The van der Waals surface area contributed by atoms with E-state index < -0.39 is 0 Å². The van der Waals surface area contributed by atoms with Crippen LogP contribution in [0.25, 0.3) is 22.4 Å². The summed E-state index contributed by atoms with van der Waals surface area (Å²) < 4.78 is 0. The van der Waals surface area contributed by atoms with Gasteiger partial charge in [-0.15, -0.1) is 17.0 Å². The van der Waals surface area contributed by atoms with E-state index in [0.717, 1.165) is 22.4 Å². The van der Waals surface area contributed by atoms with Crippen LogP contribution in [0.4, 0.5) is 5.69 Å². The van der Waals surface area contributed by atoms with Crippen molar-refractivity contribution < 1.29 is 5.11 Å². The number of rotatable bonds is 1. The molecule has 4 N–H and O–H groups in total. The smallest absolute Gasteiger partial charge is 0.138 e. The van der Waals surface area contributed by atoms with Crippen molar-refractivity contribution >= 4 is 33.7 Å². The minimum atomic E-state index is 0. The van der Waals surface area contributed by atoms with Crippen molar-refractivity contribution in [3.63, 3.8) is 0 Å². The molecule has 3 rings (SSSR count). The third-order valence-electron chi connectivity index (χ3n) is 2.63. The lowest BCUT2D eigenvalue weighted by molar-refractivity contribution is 0.475. The number of imidazole rings is 1. The van der Waals surface area contributed by atoms with Gasteiger partial charge in [-0.25, -0.2) is 4.98 Å². The van der Waals surface area contributed by atoms with E-state index in [4.69, 9.17) is 5.73 Å². The van der Waals surface area contributed by atoms with E-state index in [-0.39, 0.29) is 22.7 Å². The predicted molar refractivity (Wildman–Crippen MR) is 77.9 cm³/mol. The SMILES string of the molecule is Br.Nc1ccc2nc(-c3cccc(O)c3)[nH]c2c1. The second-order valence-electron chi connectivity index (χ2n) is 3.91. The number of nitrogens with two attached hydrogens (primary N) is 1. The number of hydrogen-bond donors (Lipinski definition) is 3. The van der Waals surface area contributed by atoms with Gasteiger partial charge in [-0.1, -0.05) is 12.1 Å². The summed E-state index contributed by atoms with van der Waals surface area (Å²) >= 11 is 0. The summed E-state index contributed by atoms with van der Waals surface area (Å²) in [5.74, 6) is 0.948. The number of H-pyrrole nitrogens is 1. The second kappa shape index (κ2) is 4.70. The Morgan fingerprint density at radius 3 is 2.72 bits per heavy atom. The minimum absolute atomic E-state index is 0. The van der Waals surface area contributed by atoms with Gasteiger partial charge < -0.3 is 15.8 Å². The number of aromatic amines is 1. The molecule has 3 aromatic rings. The van der Waals surface area contributed by atoms with Gasteiger partial charge in [0, 0.05) is 11.3 Å². The number of phenolic OH excluding ortho intramolecular Hbond substituents is 1. The fraction of sp³-hybridized carbons (Fsp3) is 0. The monoisotopic (exact) mass is 305 g/mol. The summed E-state index contributed by atoms with van der Waals surface area (Å²) in [4.78, 5) is 7.62. The molecule has 0 aliphatic heterocycles. The van der Waals surface area contributed by atoms with Crippen LogP contribution in [0.15, 0.2) is 42.5 Å². The van der Waals surface area contributed by atoms with Crippen LogP contribution < -0.4 is 5.73 Å². The maximum atomic E-state index is 9.43. The number of nitrogens with one attached hydrogen (secondary N) is 1. The van der Waals surface area contributed by atoms with E-state index in [9.17, 15) is 5.11 Å². The standard InChI is InChI=1S/C13H11N3O.BrH/c14-9-4-5-11-12(7-9)16-13(15-11)8-2-1-3-10(17)6-8;/h1-7,17H,14H2,(H,15,16);1H. The molecule has 0 spiro atoms. The van der Waals surface area contributed by atoms with Crippen molar-refractivity contribution in [3.05, 3.63) is 42.5 Å². The first-order valence-corrected chi connectivity index (χ1v) is 5.27. The highest BCUT2D eigenvalue weighted by molar-refractivity contribution is 8.93. The molecule has 1 aromatic heterocycles. The predicted octanol–water partition coefficient (Wildman–Crippen LogP) is 3.10. The molecule has 18 heavy (non-hydrogen) atoms. The normalized spacial score (nSPS) is 10.2. The molecule has 0 saturated heterocycles. The molecular weight excluding hydrogens is 294 g/mol. The van der Waals surface area contributed by atoms with Crippen molar-refractivity contribution in [1.82, 2.24) is 9.97 Å². The molecule has 0 radical (unpaired) electrons. The van der Waals surface area contributed by atoms with Gasteiger partial charge in [0.2, 0.25) is 0 Å². The summed E-state index contributed by atoms with van der Waals surface area (Å²) in [6.07, 6.45) is 0. The molecule has 1 heterocycles. The number of aromatic nitrogens is 2. The van der Waals surface area contributed by atoms with Crippen molar-refractivity contribution in [3.8, 4) is 17.1 Å². The summed E-state index contributed by atoms with van der Waals surface area (Å²) in [5.41, 5.74) is 9.00. The van der Waals surface area contributed by atoms with Crippen LogP contribution in [-0.4, -0.2) is 15.1 Å². The number of fused-ring (bicyclic) bond motifs is 1. The first-order valence-electron chi connectivity index (χ1n) is 5.27. The van der Waals surface area contributed by atoms with Crippen LogP contribution in [-0.2, 0) is 0 Å². The molecule has 4 nitrogen and oxygen atoms in total. The lowest BCUT2D eigenvalue weighted by atomic mass is 10.2. The number of aromatic hydroxyl groups is 1. The highest BCUT2D eigenvalue weighted by Gasteiger charge is 2.05. The maximum Gasteiger partial charge on any atom is 0.138 e. The van der Waals surface area contributed by atoms with Crippen molar-refractivity contribution in [1.29, 1.82) is 0 Å². The lowest BCUT2D eigenvalue weighted by Gasteiger charge is -1.96. The molecule has 0 aliphatic rings. The van der Waals surface area contributed by atoms with E-state index in [0.29, 0.717) is 5.69 Å². The summed E-state index contributed by atoms with van der Waals surface area (Å²) in [5, 5.41) is 9.43. The Morgan fingerprint density at radius 1 is 1.11 bits per heavy atom. The summed E-state index contributed by atoms with van der Waals surface area (Å²) in [7, 11) is 0.